The van der Waals surface area contributed by atoms with Crippen molar-refractivity contribution in [1.29, 1.82) is 0 Å². The van der Waals surface area contributed by atoms with Gasteiger partial charge in [0.25, 0.3) is 0 Å². The van der Waals surface area contributed by atoms with E-state index >= 15 is 0 Å². The van der Waals surface area contributed by atoms with Gasteiger partial charge in [-0.25, -0.2) is 4.79 Å². The Morgan fingerprint density at radius 3 is 2.34 bits per heavy atom. The van der Waals surface area contributed by atoms with Crippen molar-refractivity contribution >= 4 is 29.5 Å². The fourth-order valence-electron chi connectivity index (χ4n) is 3.46. The predicted molar refractivity (Wildman–Crippen MR) is 112 cm³/mol. The lowest BCUT2D eigenvalue weighted by atomic mass is 9.78. The Hall–Kier alpha value is -2.32. The number of nitrogens with zero attached hydrogens (tertiary/aromatic N) is 1. The van der Waals surface area contributed by atoms with Crippen LogP contribution in [-0.4, -0.2) is 54.2 Å². The molecule has 1 aromatic carbocycles. The van der Waals surface area contributed by atoms with Gasteiger partial charge in [-0.15, -0.1) is 0 Å². The van der Waals surface area contributed by atoms with Crippen molar-refractivity contribution in [2.45, 2.75) is 31.9 Å². The van der Waals surface area contributed by atoms with Gasteiger partial charge in [-0.1, -0.05) is 62.9 Å². The normalized spacial score (nSPS) is 22.5. The number of amides is 3. The molecule has 0 bridgehead atoms. The minimum atomic E-state index is -0.691. The Bertz CT molecular complexity index is 826. The molecular formula is C21H27N3O4S. The molecule has 156 valence electrons. The Kier molecular flexibility index (Phi) is 6.33. The van der Waals surface area contributed by atoms with Crippen molar-refractivity contribution in [2.75, 3.05) is 26.3 Å². The van der Waals surface area contributed by atoms with Gasteiger partial charge in [-0.2, -0.15) is 0 Å². The number of morpholine rings is 1. The van der Waals surface area contributed by atoms with Crippen molar-refractivity contribution in [2.24, 2.45) is 11.1 Å². The van der Waals surface area contributed by atoms with Crippen molar-refractivity contribution in [1.82, 2.24) is 10.2 Å². The van der Waals surface area contributed by atoms with E-state index < -0.39 is 28.5 Å². The van der Waals surface area contributed by atoms with E-state index in [4.69, 9.17) is 10.5 Å². The fraction of sp³-hybridized carbons (Fsp3) is 0.476. The average Bonchev–Trinajstić information content (AvgIpc) is 3.05. The number of carbonyl (C=O) groups is 3. The maximum atomic E-state index is 13.1. The summed E-state index contributed by atoms with van der Waals surface area (Å²) in [4.78, 5) is 40.2. The molecule has 2 atom stereocenters. The van der Waals surface area contributed by atoms with E-state index in [1.165, 1.54) is 0 Å². The van der Waals surface area contributed by atoms with Gasteiger partial charge >= 0.3 is 6.03 Å². The van der Waals surface area contributed by atoms with Crippen LogP contribution in [0.1, 0.15) is 32.3 Å². The van der Waals surface area contributed by atoms with Gasteiger partial charge in [0.2, 0.25) is 5.91 Å². The number of carbonyl (C=O) groups excluding carboxylic acids is 3. The number of urea groups is 1. The maximum Gasteiger partial charge on any atom is 0.324 e. The zero-order chi connectivity index (χ0) is 21.2. The molecule has 3 rings (SSSR count). The third-order valence-electron chi connectivity index (χ3n) is 5.00. The number of Topliss-reactive ketones (excluding diaryl/α,β-unsaturated/α-hetero) is 1. The summed E-state index contributed by atoms with van der Waals surface area (Å²) in [7, 11) is 0. The van der Waals surface area contributed by atoms with Gasteiger partial charge in [-0.3, -0.25) is 14.9 Å². The molecule has 2 aliphatic rings. The number of ether oxygens (including phenoxy) is 1. The highest BCUT2D eigenvalue weighted by Crippen LogP contribution is 2.48. The van der Waals surface area contributed by atoms with E-state index in [0.717, 1.165) is 17.3 Å². The SMILES string of the molecule is CC(C)(C)C(=O)C1=C(N)S[C@H](C(=O)NC(=O)N2CCOCC2)[C@H]1c1ccccc1. The molecule has 3 N–H and O–H groups in total. The van der Waals surface area contributed by atoms with E-state index in [9.17, 15) is 14.4 Å². The highest BCUT2D eigenvalue weighted by Gasteiger charge is 2.45. The summed E-state index contributed by atoms with van der Waals surface area (Å²) >= 11 is 1.15. The van der Waals surface area contributed by atoms with Crippen molar-refractivity contribution in [3.8, 4) is 0 Å². The first kappa shape index (κ1) is 21.4. The molecule has 1 aromatic rings. The first-order chi connectivity index (χ1) is 13.7. The molecular weight excluding hydrogens is 390 g/mol. The van der Waals surface area contributed by atoms with E-state index in [1.807, 2.05) is 51.1 Å². The van der Waals surface area contributed by atoms with Crippen LogP contribution in [0.4, 0.5) is 4.79 Å². The quantitative estimate of drug-likeness (QED) is 0.782. The largest absolute Gasteiger partial charge is 0.393 e. The van der Waals surface area contributed by atoms with E-state index in [1.54, 1.807) is 4.90 Å². The minimum absolute atomic E-state index is 0.0915. The van der Waals surface area contributed by atoms with Gasteiger partial charge in [0.1, 0.15) is 5.25 Å². The molecule has 0 aromatic heterocycles. The third-order valence-corrected chi connectivity index (χ3v) is 6.22. The van der Waals surface area contributed by atoms with E-state index in [0.29, 0.717) is 36.9 Å². The molecule has 0 spiro atoms. The van der Waals surface area contributed by atoms with Gasteiger partial charge in [0.05, 0.1) is 18.2 Å². The third kappa shape index (κ3) is 4.64. The molecule has 0 saturated carbocycles. The zero-order valence-electron chi connectivity index (χ0n) is 16.9. The maximum absolute atomic E-state index is 13.1. The molecule has 7 nitrogen and oxygen atoms in total. The molecule has 2 heterocycles. The van der Waals surface area contributed by atoms with Gasteiger partial charge in [0, 0.05) is 30.0 Å². The van der Waals surface area contributed by atoms with Crippen LogP contribution >= 0.6 is 11.8 Å². The smallest absolute Gasteiger partial charge is 0.324 e. The molecule has 0 unspecified atom stereocenters. The lowest BCUT2D eigenvalue weighted by Gasteiger charge is -2.28. The summed E-state index contributed by atoms with van der Waals surface area (Å²) in [5.74, 6) is -1.04. The number of allylic oxidation sites excluding steroid dienone is 1. The molecule has 0 radical (unpaired) electrons. The Morgan fingerprint density at radius 2 is 1.76 bits per heavy atom. The molecule has 1 fully saturated rings. The summed E-state index contributed by atoms with van der Waals surface area (Å²) < 4.78 is 5.24. The van der Waals surface area contributed by atoms with E-state index in [-0.39, 0.29) is 5.78 Å². The number of imide groups is 1. The molecule has 0 aliphatic carbocycles. The molecule has 2 aliphatic heterocycles. The standard InChI is InChI=1S/C21H27N3O4S/c1-21(2,3)17(25)15-14(13-7-5-4-6-8-13)16(29-18(15)22)19(26)23-20(27)24-9-11-28-12-10-24/h4-8,14,16H,9-12,22H2,1-3H3,(H,23,26,27)/t14-,16-/m0/s1. The lowest BCUT2D eigenvalue weighted by Crippen LogP contribution is -2.50. The van der Waals surface area contributed by atoms with Crippen LogP contribution < -0.4 is 11.1 Å². The predicted octanol–water partition coefficient (Wildman–Crippen LogP) is 2.24. The highest BCUT2D eigenvalue weighted by atomic mass is 32.2. The molecule has 8 heteroatoms. The first-order valence-electron chi connectivity index (χ1n) is 9.63. The van der Waals surface area contributed by atoms with E-state index in [2.05, 4.69) is 5.32 Å². The molecule has 3 amide bonds. The van der Waals surface area contributed by atoms with Crippen molar-refractivity contribution in [3.05, 3.63) is 46.5 Å². The zero-order valence-corrected chi connectivity index (χ0v) is 17.8. The number of ketones is 1. The second kappa shape index (κ2) is 8.59. The Morgan fingerprint density at radius 1 is 1.14 bits per heavy atom. The van der Waals surface area contributed by atoms with Gasteiger partial charge in [0.15, 0.2) is 5.78 Å². The van der Waals surface area contributed by atoms with Crippen LogP contribution in [0.15, 0.2) is 40.9 Å². The number of thioether (sulfide) groups is 1. The summed E-state index contributed by atoms with van der Waals surface area (Å²) in [6.45, 7) is 7.27. The monoisotopic (exact) mass is 417 g/mol. The molecule has 29 heavy (non-hydrogen) atoms. The Balaban J connectivity index is 1.87. The number of benzene rings is 1. The van der Waals surface area contributed by atoms with Gasteiger partial charge in [-0.05, 0) is 5.56 Å². The van der Waals surface area contributed by atoms with Crippen LogP contribution in [0.5, 0.6) is 0 Å². The summed E-state index contributed by atoms with van der Waals surface area (Å²) in [5, 5.41) is 2.14. The topological polar surface area (TPSA) is 102 Å². The van der Waals surface area contributed by atoms with Crippen molar-refractivity contribution < 1.29 is 19.1 Å². The number of rotatable bonds is 3. The summed E-state index contributed by atoms with van der Waals surface area (Å²) in [6.07, 6.45) is 0. The number of hydrogen-bond donors (Lipinski definition) is 2. The Labute approximate surface area is 175 Å². The fourth-order valence-corrected chi connectivity index (χ4v) is 4.67. The first-order valence-corrected chi connectivity index (χ1v) is 10.5. The molecule has 1 saturated heterocycles. The number of hydrogen-bond acceptors (Lipinski definition) is 6. The van der Waals surface area contributed by atoms with Crippen LogP contribution in [0.2, 0.25) is 0 Å². The highest BCUT2D eigenvalue weighted by molar-refractivity contribution is 8.04. The summed E-state index contributed by atoms with van der Waals surface area (Å²) in [5.41, 5.74) is 6.88. The second-order valence-corrected chi connectivity index (χ2v) is 9.36. The second-order valence-electron chi connectivity index (χ2n) is 8.18. The average molecular weight is 418 g/mol. The van der Waals surface area contributed by atoms with Crippen molar-refractivity contribution in [3.63, 3.8) is 0 Å². The lowest BCUT2D eigenvalue weighted by molar-refractivity contribution is -0.122. The minimum Gasteiger partial charge on any atom is -0.393 e. The van der Waals surface area contributed by atoms with Crippen LogP contribution in [0.25, 0.3) is 0 Å². The van der Waals surface area contributed by atoms with Gasteiger partial charge < -0.3 is 15.4 Å². The number of nitrogens with one attached hydrogen (secondary N) is 1. The summed E-state index contributed by atoms with van der Waals surface area (Å²) in [6, 6.07) is 8.91. The van der Waals surface area contributed by atoms with Crippen LogP contribution in [-0.2, 0) is 14.3 Å². The van der Waals surface area contributed by atoms with Crippen LogP contribution in [0.3, 0.4) is 0 Å². The number of nitrogens with two attached hydrogens (primary N) is 1. The van der Waals surface area contributed by atoms with Crippen LogP contribution in [0, 0.1) is 5.41 Å².